The Kier molecular flexibility index (Phi) is 4.31. The molecule has 5 nitrogen and oxygen atoms in total. The lowest BCUT2D eigenvalue weighted by atomic mass is 10.1. The third-order valence-corrected chi connectivity index (χ3v) is 5.00. The zero-order valence-electron chi connectivity index (χ0n) is 10.3. The summed E-state index contributed by atoms with van der Waals surface area (Å²) in [5.74, 6) is 0.499. The normalized spacial score (nSPS) is 22.3. The van der Waals surface area contributed by atoms with E-state index in [0.29, 0.717) is 19.5 Å². The fourth-order valence-electron chi connectivity index (χ4n) is 2.30. The molecule has 6 heteroatoms. The highest BCUT2D eigenvalue weighted by Crippen LogP contribution is 2.19. The average molecular weight is 269 g/mol. The summed E-state index contributed by atoms with van der Waals surface area (Å²) in [6, 6.07) is 5.75. The summed E-state index contributed by atoms with van der Waals surface area (Å²) in [4.78, 5) is 6.45. The largest absolute Gasteiger partial charge is 0.329 e. The fourth-order valence-corrected chi connectivity index (χ4v) is 3.59. The van der Waals surface area contributed by atoms with Crippen molar-refractivity contribution in [3.63, 3.8) is 0 Å². The molecule has 0 bridgehead atoms. The van der Waals surface area contributed by atoms with Crippen LogP contribution < -0.4 is 5.73 Å². The monoisotopic (exact) mass is 269 g/mol. The first kappa shape index (κ1) is 13.5. The summed E-state index contributed by atoms with van der Waals surface area (Å²) in [7, 11) is -2.88. The van der Waals surface area contributed by atoms with Crippen LogP contribution in [0.2, 0.25) is 0 Å². The van der Waals surface area contributed by atoms with Crippen LogP contribution in [-0.2, 0) is 9.84 Å². The van der Waals surface area contributed by atoms with Gasteiger partial charge in [-0.1, -0.05) is 6.07 Å². The van der Waals surface area contributed by atoms with Gasteiger partial charge in [-0.05, 0) is 25.1 Å². The summed E-state index contributed by atoms with van der Waals surface area (Å²) in [5, 5.41) is 0. The van der Waals surface area contributed by atoms with Gasteiger partial charge in [-0.15, -0.1) is 0 Å². The van der Waals surface area contributed by atoms with Crippen molar-refractivity contribution in [1.82, 2.24) is 9.88 Å². The third-order valence-electron chi connectivity index (χ3n) is 3.28. The van der Waals surface area contributed by atoms with Gasteiger partial charge in [0.15, 0.2) is 9.84 Å². The number of nitrogens with two attached hydrogens (primary N) is 1. The minimum Gasteiger partial charge on any atom is -0.329 e. The van der Waals surface area contributed by atoms with Crippen molar-refractivity contribution in [2.24, 2.45) is 5.73 Å². The molecule has 1 unspecified atom stereocenters. The molecular weight excluding hydrogens is 250 g/mol. The van der Waals surface area contributed by atoms with Crippen molar-refractivity contribution in [2.45, 2.75) is 12.5 Å². The number of nitrogens with zero attached hydrogens (tertiary/aromatic N) is 2. The van der Waals surface area contributed by atoms with E-state index >= 15 is 0 Å². The van der Waals surface area contributed by atoms with Gasteiger partial charge in [0.25, 0.3) is 0 Å². The fraction of sp³-hybridized carbons (Fsp3) is 0.583. The molecule has 2 N–H and O–H groups in total. The molecule has 1 atom stereocenters. The van der Waals surface area contributed by atoms with Crippen molar-refractivity contribution in [3.05, 3.63) is 30.1 Å². The van der Waals surface area contributed by atoms with E-state index in [9.17, 15) is 8.42 Å². The lowest BCUT2D eigenvalue weighted by Gasteiger charge is -2.28. The van der Waals surface area contributed by atoms with Crippen LogP contribution in [0.25, 0.3) is 0 Å². The lowest BCUT2D eigenvalue weighted by Crippen LogP contribution is -2.36. The van der Waals surface area contributed by atoms with Crippen molar-refractivity contribution in [2.75, 3.05) is 31.1 Å². The number of pyridine rings is 1. The van der Waals surface area contributed by atoms with Gasteiger partial charge in [-0.3, -0.25) is 9.88 Å². The molecule has 1 aromatic rings. The van der Waals surface area contributed by atoms with E-state index < -0.39 is 9.84 Å². The van der Waals surface area contributed by atoms with Gasteiger partial charge in [0.2, 0.25) is 0 Å². The smallest absolute Gasteiger partial charge is 0.151 e. The molecule has 0 aromatic carbocycles. The Morgan fingerprint density at radius 1 is 1.33 bits per heavy atom. The molecule has 100 valence electrons. The SMILES string of the molecule is NCC(c1ccccn1)N1CCCS(=O)(=O)CC1. The topological polar surface area (TPSA) is 76.3 Å². The molecule has 1 aliphatic rings. The Morgan fingerprint density at radius 2 is 2.17 bits per heavy atom. The van der Waals surface area contributed by atoms with Crippen LogP contribution >= 0.6 is 0 Å². The Labute approximate surface area is 108 Å². The molecular formula is C12H19N3O2S. The van der Waals surface area contributed by atoms with E-state index in [2.05, 4.69) is 9.88 Å². The molecule has 18 heavy (non-hydrogen) atoms. The van der Waals surface area contributed by atoms with E-state index in [1.54, 1.807) is 6.20 Å². The predicted molar refractivity (Wildman–Crippen MR) is 70.9 cm³/mol. The van der Waals surface area contributed by atoms with Gasteiger partial charge >= 0.3 is 0 Å². The molecule has 0 saturated carbocycles. The number of rotatable bonds is 3. The highest BCUT2D eigenvalue weighted by molar-refractivity contribution is 7.91. The summed E-state index contributed by atoms with van der Waals surface area (Å²) in [6.45, 7) is 1.76. The minimum atomic E-state index is -2.88. The summed E-state index contributed by atoms with van der Waals surface area (Å²) >= 11 is 0. The van der Waals surface area contributed by atoms with E-state index in [-0.39, 0.29) is 17.5 Å². The molecule has 2 rings (SSSR count). The van der Waals surface area contributed by atoms with Crippen LogP contribution in [-0.4, -0.2) is 49.4 Å². The highest BCUT2D eigenvalue weighted by atomic mass is 32.2. The molecule has 1 aromatic heterocycles. The van der Waals surface area contributed by atoms with Crippen molar-refractivity contribution in [3.8, 4) is 0 Å². The van der Waals surface area contributed by atoms with Gasteiger partial charge in [-0.2, -0.15) is 0 Å². The van der Waals surface area contributed by atoms with Crippen LogP contribution in [0.5, 0.6) is 0 Å². The summed E-state index contributed by atoms with van der Waals surface area (Å²) in [5.41, 5.74) is 6.74. The van der Waals surface area contributed by atoms with Crippen molar-refractivity contribution in [1.29, 1.82) is 0 Å². The van der Waals surface area contributed by atoms with Crippen molar-refractivity contribution >= 4 is 9.84 Å². The van der Waals surface area contributed by atoms with Gasteiger partial charge in [0, 0.05) is 19.3 Å². The van der Waals surface area contributed by atoms with E-state index in [0.717, 1.165) is 12.2 Å². The zero-order chi connectivity index (χ0) is 13.0. The maximum Gasteiger partial charge on any atom is 0.151 e. The van der Waals surface area contributed by atoms with Crippen LogP contribution in [0.15, 0.2) is 24.4 Å². The Balaban J connectivity index is 2.14. The maximum absolute atomic E-state index is 11.6. The van der Waals surface area contributed by atoms with E-state index in [1.807, 2.05) is 18.2 Å². The quantitative estimate of drug-likeness (QED) is 0.848. The second-order valence-corrected chi connectivity index (χ2v) is 6.85. The van der Waals surface area contributed by atoms with Crippen LogP contribution in [0.1, 0.15) is 18.2 Å². The van der Waals surface area contributed by atoms with E-state index in [4.69, 9.17) is 5.73 Å². The molecule has 2 heterocycles. The molecule has 1 saturated heterocycles. The standard InChI is InChI=1S/C12H19N3O2S/c13-10-12(11-4-1-2-5-14-11)15-6-3-8-18(16,17)9-7-15/h1-2,4-5,12H,3,6-10,13H2. The lowest BCUT2D eigenvalue weighted by molar-refractivity contribution is 0.214. The number of hydrogen-bond acceptors (Lipinski definition) is 5. The highest BCUT2D eigenvalue weighted by Gasteiger charge is 2.25. The Hall–Kier alpha value is -0.980. The first-order valence-corrected chi connectivity index (χ1v) is 8.00. The van der Waals surface area contributed by atoms with Crippen LogP contribution in [0.3, 0.4) is 0 Å². The third kappa shape index (κ3) is 3.28. The second-order valence-electron chi connectivity index (χ2n) is 4.55. The first-order chi connectivity index (χ1) is 8.62. The first-order valence-electron chi connectivity index (χ1n) is 6.18. The Bertz CT molecular complexity index is 475. The van der Waals surface area contributed by atoms with Crippen LogP contribution in [0, 0.1) is 0 Å². The predicted octanol–water partition coefficient (Wildman–Crippen LogP) is 0.202. The number of hydrogen-bond donors (Lipinski definition) is 1. The molecule has 0 spiro atoms. The molecule has 1 aliphatic heterocycles. The summed E-state index contributed by atoms with van der Waals surface area (Å²) in [6.07, 6.45) is 2.41. The zero-order valence-corrected chi connectivity index (χ0v) is 11.1. The van der Waals surface area contributed by atoms with Gasteiger partial charge in [-0.25, -0.2) is 8.42 Å². The molecule has 0 amide bonds. The number of sulfone groups is 1. The minimum absolute atomic E-state index is 0.0134. The molecule has 0 aliphatic carbocycles. The van der Waals surface area contributed by atoms with E-state index in [1.165, 1.54) is 0 Å². The number of aromatic nitrogens is 1. The van der Waals surface area contributed by atoms with Gasteiger partial charge in [0.05, 0.1) is 23.2 Å². The van der Waals surface area contributed by atoms with Gasteiger partial charge < -0.3 is 5.73 Å². The Morgan fingerprint density at radius 3 is 2.83 bits per heavy atom. The van der Waals surface area contributed by atoms with Gasteiger partial charge in [0.1, 0.15) is 0 Å². The average Bonchev–Trinajstić information content (AvgIpc) is 2.54. The maximum atomic E-state index is 11.6. The molecule has 1 fully saturated rings. The van der Waals surface area contributed by atoms with Crippen LogP contribution in [0.4, 0.5) is 0 Å². The second kappa shape index (κ2) is 5.77. The molecule has 0 radical (unpaired) electrons. The summed E-state index contributed by atoms with van der Waals surface area (Å²) < 4.78 is 23.2. The van der Waals surface area contributed by atoms with Crippen molar-refractivity contribution < 1.29 is 8.42 Å².